The fourth-order valence-corrected chi connectivity index (χ4v) is 2.83. The summed E-state index contributed by atoms with van der Waals surface area (Å²) in [5, 5.41) is 3.47. The molecule has 0 spiro atoms. The quantitative estimate of drug-likeness (QED) is 0.905. The van der Waals surface area contributed by atoms with E-state index in [-0.39, 0.29) is 37.2 Å². The maximum atomic E-state index is 4.05. The van der Waals surface area contributed by atoms with Crippen molar-refractivity contribution >= 4 is 37.2 Å². The first kappa shape index (κ1) is 17.9. The molecule has 0 radical (unpaired) electrons. The molecule has 0 amide bonds. The summed E-state index contributed by atoms with van der Waals surface area (Å²) in [6, 6.07) is 4.23. The Hall–Kier alpha value is -0.0600. The SMILES string of the molecule is Cl.Cl.Cl.c1cc(CN2C[C@H]3CNC[C@H]3C2)ccn1. The molecule has 0 aromatic carbocycles. The summed E-state index contributed by atoms with van der Waals surface area (Å²) in [6.45, 7) is 6.06. The van der Waals surface area contributed by atoms with E-state index in [1.54, 1.807) is 0 Å². The molecule has 0 unspecified atom stereocenters. The number of aromatic nitrogens is 1. The summed E-state index contributed by atoms with van der Waals surface area (Å²) in [7, 11) is 0. The number of pyridine rings is 1. The molecule has 104 valence electrons. The lowest BCUT2D eigenvalue weighted by atomic mass is 10.0. The Balaban J connectivity index is 0.000000963. The molecule has 2 aliphatic rings. The van der Waals surface area contributed by atoms with E-state index in [9.17, 15) is 0 Å². The van der Waals surface area contributed by atoms with E-state index in [2.05, 4.69) is 27.3 Å². The number of fused-ring (bicyclic) bond motifs is 1. The third-order valence-electron chi connectivity index (χ3n) is 3.62. The zero-order valence-electron chi connectivity index (χ0n) is 10.1. The highest BCUT2D eigenvalue weighted by molar-refractivity contribution is 5.86. The second-order valence-electron chi connectivity index (χ2n) is 4.73. The second kappa shape index (κ2) is 8.18. The Bertz CT molecular complexity index is 325. The maximum absolute atomic E-state index is 4.05. The predicted octanol–water partition coefficient (Wildman–Crippen LogP) is 2.00. The van der Waals surface area contributed by atoms with Crippen molar-refractivity contribution in [1.82, 2.24) is 15.2 Å². The number of halogens is 3. The fraction of sp³-hybridized carbons (Fsp3) is 0.583. The summed E-state index contributed by atoms with van der Waals surface area (Å²) < 4.78 is 0. The first-order valence-corrected chi connectivity index (χ1v) is 5.74. The van der Waals surface area contributed by atoms with Crippen LogP contribution in [-0.2, 0) is 6.54 Å². The van der Waals surface area contributed by atoms with Crippen LogP contribution in [0.4, 0.5) is 0 Å². The van der Waals surface area contributed by atoms with Gasteiger partial charge < -0.3 is 5.32 Å². The van der Waals surface area contributed by atoms with Crippen molar-refractivity contribution in [3.05, 3.63) is 30.1 Å². The van der Waals surface area contributed by atoms with Crippen LogP contribution in [0, 0.1) is 11.8 Å². The molecule has 3 rings (SSSR count). The van der Waals surface area contributed by atoms with Crippen LogP contribution >= 0.6 is 37.2 Å². The van der Waals surface area contributed by atoms with Crippen molar-refractivity contribution in [2.24, 2.45) is 11.8 Å². The van der Waals surface area contributed by atoms with Crippen LogP contribution in [0.5, 0.6) is 0 Å². The van der Waals surface area contributed by atoms with Gasteiger partial charge in [-0.15, -0.1) is 37.2 Å². The van der Waals surface area contributed by atoms with Gasteiger partial charge in [-0.2, -0.15) is 0 Å². The summed E-state index contributed by atoms with van der Waals surface area (Å²) in [6.07, 6.45) is 3.77. The maximum Gasteiger partial charge on any atom is 0.0271 e. The van der Waals surface area contributed by atoms with E-state index in [1.807, 2.05) is 12.4 Å². The first-order chi connectivity index (χ1) is 7.42. The number of hydrogen-bond donors (Lipinski definition) is 1. The highest BCUT2D eigenvalue weighted by Gasteiger charge is 2.35. The minimum Gasteiger partial charge on any atom is -0.316 e. The molecule has 0 saturated carbocycles. The van der Waals surface area contributed by atoms with E-state index < -0.39 is 0 Å². The van der Waals surface area contributed by atoms with Crippen LogP contribution in [0.3, 0.4) is 0 Å². The van der Waals surface area contributed by atoms with Crippen LogP contribution in [0.15, 0.2) is 24.5 Å². The Morgan fingerprint density at radius 1 is 1.06 bits per heavy atom. The van der Waals surface area contributed by atoms with Crippen LogP contribution in [-0.4, -0.2) is 36.1 Å². The molecule has 1 aromatic heterocycles. The Morgan fingerprint density at radius 3 is 2.17 bits per heavy atom. The van der Waals surface area contributed by atoms with Crippen molar-refractivity contribution in [1.29, 1.82) is 0 Å². The highest BCUT2D eigenvalue weighted by Crippen LogP contribution is 2.27. The van der Waals surface area contributed by atoms with Gasteiger partial charge >= 0.3 is 0 Å². The monoisotopic (exact) mass is 311 g/mol. The van der Waals surface area contributed by atoms with Crippen molar-refractivity contribution in [2.45, 2.75) is 6.54 Å². The molecule has 2 saturated heterocycles. The van der Waals surface area contributed by atoms with E-state index >= 15 is 0 Å². The average molecular weight is 313 g/mol. The van der Waals surface area contributed by atoms with Crippen LogP contribution in [0.2, 0.25) is 0 Å². The zero-order valence-corrected chi connectivity index (χ0v) is 12.6. The van der Waals surface area contributed by atoms with Crippen LogP contribution in [0.1, 0.15) is 5.56 Å². The molecule has 1 N–H and O–H groups in total. The van der Waals surface area contributed by atoms with Gasteiger partial charge in [0.05, 0.1) is 0 Å². The topological polar surface area (TPSA) is 28.2 Å². The molecule has 2 fully saturated rings. The molecule has 0 bridgehead atoms. The lowest BCUT2D eigenvalue weighted by molar-refractivity contribution is 0.305. The third kappa shape index (κ3) is 3.97. The second-order valence-corrected chi connectivity index (χ2v) is 4.73. The normalized spacial score (nSPS) is 25.6. The summed E-state index contributed by atoms with van der Waals surface area (Å²) in [5.74, 6) is 1.79. The number of nitrogens with one attached hydrogen (secondary N) is 1. The number of rotatable bonds is 2. The molecule has 0 aliphatic carbocycles. The van der Waals surface area contributed by atoms with Gasteiger partial charge in [-0.1, -0.05) is 0 Å². The van der Waals surface area contributed by atoms with Gasteiger partial charge in [0.15, 0.2) is 0 Å². The minimum absolute atomic E-state index is 0. The zero-order chi connectivity index (χ0) is 10.1. The van der Waals surface area contributed by atoms with Crippen LogP contribution < -0.4 is 5.32 Å². The molecular formula is C12H20Cl3N3. The summed E-state index contributed by atoms with van der Waals surface area (Å²) in [5.41, 5.74) is 1.39. The average Bonchev–Trinajstić information content (AvgIpc) is 2.79. The van der Waals surface area contributed by atoms with E-state index in [0.717, 1.165) is 18.4 Å². The number of likely N-dealkylation sites (tertiary alicyclic amines) is 1. The van der Waals surface area contributed by atoms with Gasteiger partial charge in [0.25, 0.3) is 0 Å². The largest absolute Gasteiger partial charge is 0.316 e. The minimum atomic E-state index is 0. The molecule has 2 atom stereocenters. The van der Waals surface area contributed by atoms with Gasteiger partial charge in [0, 0.05) is 32.0 Å². The predicted molar refractivity (Wildman–Crippen MR) is 81.1 cm³/mol. The molecule has 3 heterocycles. The summed E-state index contributed by atoms with van der Waals surface area (Å²) in [4.78, 5) is 6.62. The van der Waals surface area contributed by atoms with Crippen molar-refractivity contribution in [3.8, 4) is 0 Å². The highest BCUT2D eigenvalue weighted by atomic mass is 35.5. The first-order valence-electron chi connectivity index (χ1n) is 5.74. The smallest absolute Gasteiger partial charge is 0.0271 e. The lowest BCUT2D eigenvalue weighted by Gasteiger charge is -2.16. The molecular weight excluding hydrogens is 293 g/mol. The number of nitrogens with zero attached hydrogens (tertiary/aromatic N) is 2. The van der Waals surface area contributed by atoms with Crippen molar-refractivity contribution in [3.63, 3.8) is 0 Å². The van der Waals surface area contributed by atoms with Gasteiger partial charge in [-0.3, -0.25) is 9.88 Å². The standard InChI is InChI=1S/C12H17N3.3ClH/c1-3-13-4-2-10(1)7-15-8-11-5-14-6-12(11)9-15;;;/h1-4,11-12,14H,5-9H2;3*1H/t11-,12+;;;. The van der Waals surface area contributed by atoms with Crippen molar-refractivity contribution in [2.75, 3.05) is 26.2 Å². The Labute approximate surface area is 127 Å². The van der Waals surface area contributed by atoms with Gasteiger partial charge in [0.1, 0.15) is 0 Å². The van der Waals surface area contributed by atoms with E-state index in [1.165, 1.54) is 31.7 Å². The van der Waals surface area contributed by atoms with Gasteiger partial charge in [-0.05, 0) is 42.6 Å². The Kier molecular flexibility index (Phi) is 8.15. The third-order valence-corrected chi connectivity index (χ3v) is 3.62. The molecule has 3 nitrogen and oxygen atoms in total. The summed E-state index contributed by atoms with van der Waals surface area (Å²) >= 11 is 0. The van der Waals surface area contributed by atoms with Crippen molar-refractivity contribution < 1.29 is 0 Å². The molecule has 6 heteroatoms. The molecule has 2 aliphatic heterocycles. The fourth-order valence-electron chi connectivity index (χ4n) is 2.83. The van der Waals surface area contributed by atoms with E-state index in [4.69, 9.17) is 0 Å². The van der Waals surface area contributed by atoms with Gasteiger partial charge in [-0.25, -0.2) is 0 Å². The lowest BCUT2D eigenvalue weighted by Crippen LogP contribution is -2.25. The van der Waals surface area contributed by atoms with Gasteiger partial charge in [0.2, 0.25) is 0 Å². The Morgan fingerprint density at radius 2 is 1.61 bits per heavy atom. The number of hydrogen-bond acceptors (Lipinski definition) is 3. The molecule has 18 heavy (non-hydrogen) atoms. The van der Waals surface area contributed by atoms with E-state index in [0.29, 0.717) is 0 Å². The van der Waals surface area contributed by atoms with Crippen LogP contribution in [0.25, 0.3) is 0 Å². The molecule has 1 aromatic rings.